The number of nitrogens with zero attached hydrogens (tertiary/aromatic N) is 1. The van der Waals surface area contributed by atoms with E-state index >= 15 is 0 Å². The quantitative estimate of drug-likeness (QED) is 0.528. The van der Waals surface area contributed by atoms with Crippen molar-refractivity contribution in [3.8, 4) is 5.75 Å². The van der Waals surface area contributed by atoms with Gasteiger partial charge < -0.3 is 4.74 Å². The minimum absolute atomic E-state index is 0.0160. The van der Waals surface area contributed by atoms with Crippen molar-refractivity contribution < 1.29 is 23.6 Å². The number of anilines is 1. The molecule has 23 heavy (non-hydrogen) atoms. The van der Waals surface area contributed by atoms with Gasteiger partial charge in [0, 0.05) is 0 Å². The van der Waals surface area contributed by atoms with E-state index in [2.05, 4.69) is 5.32 Å². The largest absolute Gasteiger partial charge is 0.417 e. The number of ketones is 1. The Hall–Kier alpha value is -3.29. The molecule has 2 rings (SSSR count). The summed E-state index contributed by atoms with van der Waals surface area (Å²) in [4.78, 5) is 33.3. The van der Waals surface area contributed by atoms with Crippen LogP contribution in [0.4, 0.5) is 20.6 Å². The van der Waals surface area contributed by atoms with Crippen LogP contribution in [0.3, 0.4) is 0 Å². The summed E-state index contributed by atoms with van der Waals surface area (Å²) >= 11 is 0. The minimum atomic E-state index is -1.03. The summed E-state index contributed by atoms with van der Waals surface area (Å²) in [6.07, 6.45) is -1.03. The first-order valence-electron chi connectivity index (χ1n) is 6.41. The number of hydrogen-bond donors (Lipinski definition) is 1. The van der Waals surface area contributed by atoms with Crippen molar-refractivity contribution in [3.63, 3.8) is 0 Å². The van der Waals surface area contributed by atoms with E-state index in [1.807, 2.05) is 0 Å². The van der Waals surface area contributed by atoms with E-state index in [0.29, 0.717) is 6.07 Å². The van der Waals surface area contributed by atoms with Crippen molar-refractivity contribution in [1.29, 1.82) is 0 Å². The minimum Gasteiger partial charge on any atom is -0.409 e. The SMILES string of the molecule is CC(=O)c1ccccc1OC(=O)Nc1ccc(F)cc1[N+](=O)[O-]. The van der Waals surface area contributed by atoms with Crippen LogP contribution in [0.1, 0.15) is 17.3 Å². The zero-order valence-electron chi connectivity index (χ0n) is 11.9. The van der Waals surface area contributed by atoms with E-state index in [-0.39, 0.29) is 22.8 Å². The summed E-state index contributed by atoms with van der Waals surface area (Å²) in [7, 11) is 0. The summed E-state index contributed by atoms with van der Waals surface area (Å²) in [6, 6.07) is 8.75. The monoisotopic (exact) mass is 318 g/mol. The van der Waals surface area contributed by atoms with Gasteiger partial charge in [0.05, 0.1) is 16.6 Å². The lowest BCUT2D eigenvalue weighted by molar-refractivity contribution is -0.384. The highest BCUT2D eigenvalue weighted by molar-refractivity contribution is 5.98. The molecule has 0 saturated carbocycles. The number of rotatable bonds is 4. The number of benzene rings is 2. The zero-order chi connectivity index (χ0) is 17.0. The lowest BCUT2D eigenvalue weighted by Gasteiger charge is -2.09. The number of halogens is 1. The molecule has 0 radical (unpaired) electrons. The van der Waals surface area contributed by atoms with Gasteiger partial charge in [-0.05, 0) is 31.2 Å². The summed E-state index contributed by atoms with van der Waals surface area (Å²) in [5.41, 5.74) is -0.639. The summed E-state index contributed by atoms with van der Waals surface area (Å²) in [6.45, 7) is 1.31. The summed E-state index contributed by atoms with van der Waals surface area (Å²) < 4.78 is 18.0. The average molecular weight is 318 g/mol. The Morgan fingerprint density at radius 2 is 1.91 bits per heavy atom. The number of nitro groups is 1. The van der Waals surface area contributed by atoms with Gasteiger partial charge in [-0.15, -0.1) is 0 Å². The molecule has 0 saturated heterocycles. The van der Waals surface area contributed by atoms with Crippen LogP contribution in [0.15, 0.2) is 42.5 Å². The second-order valence-electron chi connectivity index (χ2n) is 4.49. The summed E-state index contributed by atoms with van der Waals surface area (Å²) in [5.74, 6) is -1.10. The fourth-order valence-corrected chi connectivity index (χ4v) is 1.84. The fraction of sp³-hybridized carbons (Fsp3) is 0.0667. The number of amides is 1. The first kappa shape index (κ1) is 16.1. The molecular weight excluding hydrogens is 307 g/mol. The molecule has 2 aromatic rings. The number of nitro benzene ring substituents is 1. The Balaban J connectivity index is 2.21. The van der Waals surface area contributed by atoms with Crippen molar-refractivity contribution in [3.05, 3.63) is 64.0 Å². The number of carbonyl (C=O) groups is 2. The van der Waals surface area contributed by atoms with E-state index in [4.69, 9.17) is 4.74 Å². The molecule has 0 aliphatic rings. The number of ether oxygens (including phenoxy) is 1. The van der Waals surface area contributed by atoms with Crippen LogP contribution < -0.4 is 10.1 Å². The van der Waals surface area contributed by atoms with Gasteiger partial charge >= 0.3 is 6.09 Å². The predicted molar refractivity (Wildman–Crippen MR) is 79.1 cm³/mol. The molecule has 8 heteroatoms. The van der Waals surface area contributed by atoms with Crippen molar-refractivity contribution in [1.82, 2.24) is 0 Å². The highest BCUT2D eigenvalue weighted by Crippen LogP contribution is 2.26. The van der Waals surface area contributed by atoms with Crippen LogP contribution in [-0.2, 0) is 0 Å². The topological polar surface area (TPSA) is 98.5 Å². The first-order chi connectivity index (χ1) is 10.9. The molecule has 0 aliphatic carbocycles. The van der Waals surface area contributed by atoms with Crippen LogP contribution in [0.2, 0.25) is 0 Å². The van der Waals surface area contributed by atoms with E-state index in [1.165, 1.54) is 19.1 Å². The molecule has 0 bridgehead atoms. The van der Waals surface area contributed by atoms with Gasteiger partial charge in [0.15, 0.2) is 5.78 Å². The first-order valence-corrected chi connectivity index (χ1v) is 6.41. The molecule has 7 nitrogen and oxygen atoms in total. The van der Waals surface area contributed by atoms with Crippen molar-refractivity contribution in [2.24, 2.45) is 0 Å². The van der Waals surface area contributed by atoms with Crippen molar-refractivity contribution >= 4 is 23.3 Å². The van der Waals surface area contributed by atoms with Crippen LogP contribution in [0.5, 0.6) is 5.75 Å². The lowest BCUT2D eigenvalue weighted by Crippen LogP contribution is -2.18. The Morgan fingerprint density at radius 3 is 2.57 bits per heavy atom. The molecule has 1 amide bonds. The molecule has 0 aromatic heterocycles. The third-order valence-corrected chi connectivity index (χ3v) is 2.86. The molecule has 0 heterocycles. The van der Waals surface area contributed by atoms with Gasteiger partial charge in [-0.3, -0.25) is 20.2 Å². The Labute approximate surface area is 129 Å². The average Bonchev–Trinajstić information content (AvgIpc) is 2.49. The molecule has 118 valence electrons. The third kappa shape index (κ3) is 3.88. The van der Waals surface area contributed by atoms with Gasteiger partial charge in [0.1, 0.15) is 17.3 Å². The second kappa shape index (κ2) is 6.65. The molecule has 0 unspecified atom stereocenters. The van der Waals surface area contributed by atoms with Crippen LogP contribution in [0.25, 0.3) is 0 Å². The number of nitrogens with one attached hydrogen (secondary N) is 1. The number of Topliss-reactive ketones (excluding diaryl/α,β-unsaturated/α-hetero) is 1. The molecule has 0 fully saturated rings. The van der Waals surface area contributed by atoms with E-state index in [1.54, 1.807) is 12.1 Å². The maximum absolute atomic E-state index is 13.0. The number of para-hydroxylation sites is 1. The van der Waals surface area contributed by atoms with Crippen molar-refractivity contribution in [2.75, 3.05) is 5.32 Å². The van der Waals surface area contributed by atoms with Crippen LogP contribution in [-0.4, -0.2) is 16.8 Å². The molecule has 0 atom stereocenters. The van der Waals surface area contributed by atoms with Gasteiger partial charge in [0.2, 0.25) is 0 Å². The second-order valence-corrected chi connectivity index (χ2v) is 4.49. The molecule has 0 aliphatic heterocycles. The highest BCUT2D eigenvalue weighted by atomic mass is 19.1. The lowest BCUT2D eigenvalue weighted by atomic mass is 10.1. The van der Waals surface area contributed by atoms with E-state index < -0.39 is 22.5 Å². The Kier molecular flexibility index (Phi) is 4.65. The Bertz CT molecular complexity index is 791. The van der Waals surface area contributed by atoms with Gasteiger partial charge in [-0.2, -0.15) is 0 Å². The standard InChI is InChI=1S/C15H11FN2O5/c1-9(19)11-4-2-3-5-14(11)23-15(20)17-12-7-6-10(16)8-13(12)18(21)22/h2-8H,1H3,(H,17,20). The predicted octanol–water partition coefficient (Wildman–Crippen LogP) is 3.55. The smallest absolute Gasteiger partial charge is 0.409 e. The van der Waals surface area contributed by atoms with Gasteiger partial charge in [-0.25, -0.2) is 9.18 Å². The van der Waals surface area contributed by atoms with Gasteiger partial charge in [-0.1, -0.05) is 12.1 Å². The van der Waals surface area contributed by atoms with Crippen molar-refractivity contribution in [2.45, 2.75) is 6.92 Å². The molecule has 0 spiro atoms. The fourth-order valence-electron chi connectivity index (χ4n) is 1.84. The normalized spacial score (nSPS) is 10.0. The van der Waals surface area contributed by atoms with E-state index in [0.717, 1.165) is 12.1 Å². The number of hydrogen-bond acceptors (Lipinski definition) is 5. The Morgan fingerprint density at radius 1 is 1.22 bits per heavy atom. The molecule has 1 N–H and O–H groups in total. The molecule has 2 aromatic carbocycles. The summed E-state index contributed by atoms with van der Waals surface area (Å²) in [5, 5.41) is 13.0. The maximum Gasteiger partial charge on any atom is 0.417 e. The number of carbonyl (C=O) groups excluding carboxylic acids is 2. The van der Waals surface area contributed by atoms with Gasteiger partial charge in [0.25, 0.3) is 5.69 Å². The maximum atomic E-state index is 13.0. The van der Waals surface area contributed by atoms with E-state index in [9.17, 15) is 24.1 Å². The highest BCUT2D eigenvalue weighted by Gasteiger charge is 2.19. The zero-order valence-corrected chi connectivity index (χ0v) is 11.9. The third-order valence-electron chi connectivity index (χ3n) is 2.86. The van der Waals surface area contributed by atoms with Crippen LogP contribution >= 0.6 is 0 Å². The van der Waals surface area contributed by atoms with Crippen LogP contribution in [0, 0.1) is 15.9 Å². The molecular formula is C15H11FN2O5.